The first kappa shape index (κ1) is 16.8. The standard InChI is InChI=1S/C17H20N4O4/c1-11(16(23)24)18-17(25)21-8-6-20(7-9-21)15(22)14-10-12-4-2-3-5-13(12)19-14/h2-5,10-11,19H,6-9H2,1H3,(H,18,25)(H,23,24)/t11-/m0/s1. The molecule has 1 atom stereocenters. The first-order valence-electron chi connectivity index (χ1n) is 8.11. The van der Waals surface area contributed by atoms with Crippen LogP contribution in [-0.2, 0) is 4.79 Å². The molecule has 0 radical (unpaired) electrons. The first-order valence-corrected chi connectivity index (χ1v) is 8.11. The van der Waals surface area contributed by atoms with Gasteiger partial charge in [-0.2, -0.15) is 0 Å². The lowest BCUT2D eigenvalue weighted by Gasteiger charge is -2.34. The molecule has 1 aromatic heterocycles. The number of carboxylic acids is 1. The molecular formula is C17H20N4O4. The molecule has 1 fully saturated rings. The lowest BCUT2D eigenvalue weighted by atomic mass is 10.2. The minimum absolute atomic E-state index is 0.102. The number of carbonyl (C=O) groups is 3. The van der Waals surface area contributed by atoms with Gasteiger partial charge in [0.2, 0.25) is 0 Å². The van der Waals surface area contributed by atoms with Crippen molar-refractivity contribution in [3.8, 4) is 0 Å². The number of rotatable bonds is 3. The molecule has 0 spiro atoms. The molecule has 3 amide bonds. The van der Waals surface area contributed by atoms with Gasteiger partial charge in [0, 0.05) is 37.1 Å². The van der Waals surface area contributed by atoms with E-state index in [-0.39, 0.29) is 5.91 Å². The average Bonchev–Trinajstić information content (AvgIpc) is 3.05. The number of aliphatic carboxylic acids is 1. The number of benzene rings is 1. The number of carbonyl (C=O) groups excluding carboxylic acids is 2. The van der Waals surface area contributed by atoms with Crippen molar-refractivity contribution in [1.82, 2.24) is 20.1 Å². The lowest BCUT2D eigenvalue weighted by molar-refractivity contribution is -0.138. The summed E-state index contributed by atoms with van der Waals surface area (Å²) in [5.74, 6) is -1.18. The number of piperazine rings is 1. The second-order valence-corrected chi connectivity index (χ2v) is 6.06. The van der Waals surface area contributed by atoms with Gasteiger partial charge in [-0.25, -0.2) is 4.79 Å². The zero-order valence-electron chi connectivity index (χ0n) is 13.9. The highest BCUT2D eigenvalue weighted by molar-refractivity contribution is 5.98. The van der Waals surface area contributed by atoms with Crippen LogP contribution in [0.3, 0.4) is 0 Å². The molecule has 1 saturated heterocycles. The number of H-pyrrole nitrogens is 1. The molecule has 0 aliphatic carbocycles. The summed E-state index contributed by atoms with van der Waals surface area (Å²) in [5.41, 5.74) is 1.44. The van der Waals surface area contributed by atoms with Gasteiger partial charge in [0.15, 0.2) is 0 Å². The summed E-state index contributed by atoms with van der Waals surface area (Å²) in [7, 11) is 0. The summed E-state index contributed by atoms with van der Waals surface area (Å²) in [5, 5.41) is 12.2. The maximum absolute atomic E-state index is 12.6. The third-order valence-corrected chi connectivity index (χ3v) is 4.32. The van der Waals surface area contributed by atoms with E-state index < -0.39 is 18.0 Å². The number of para-hydroxylation sites is 1. The smallest absolute Gasteiger partial charge is 0.325 e. The van der Waals surface area contributed by atoms with Crippen LogP contribution in [0, 0.1) is 0 Å². The van der Waals surface area contributed by atoms with Gasteiger partial charge >= 0.3 is 12.0 Å². The minimum atomic E-state index is -1.08. The van der Waals surface area contributed by atoms with E-state index in [0.717, 1.165) is 10.9 Å². The number of nitrogens with zero attached hydrogens (tertiary/aromatic N) is 2. The molecule has 132 valence electrons. The largest absolute Gasteiger partial charge is 0.480 e. The van der Waals surface area contributed by atoms with Crippen LogP contribution in [0.2, 0.25) is 0 Å². The van der Waals surface area contributed by atoms with Crippen LogP contribution in [0.25, 0.3) is 10.9 Å². The zero-order chi connectivity index (χ0) is 18.0. The van der Waals surface area contributed by atoms with Crippen LogP contribution in [0.4, 0.5) is 4.79 Å². The maximum Gasteiger partial charge on any atom is 0.325 e. The molecule has 2 heterocycles. The summed E-state index contributed by atoms with van der Waals surface area (Å²) < 4.78 is 0. The van der Waals surface area contributed by atoms with Crippen molar-refractivity contribution in [1.29, 1.82) is 0 Å². The molecular weight excluding hydrogens is 324 g/mol. The fourth-order valence-corrected chi connectivity index (χ4v) is 2.81. The van der Waals surface area contributed by atoms with Crippen molar-refractivity contribution in [2.24, 2.45) is 0 Å². The average molecular weight is 344 g/mol. The fourth-order valence-electron chi connectivity index (χ4n) is 2.81. The predicted molar refractivity (Wildman–Crippen MR) is 91.4 cm³/mol. The van der Waals surface area contributed by atoms with Crippen molar-refractivity contribution < 1.29 is 19.5 Å². The Morgan fingerprint density at radius 3 is 2.40 bits per heavy atom. The SMILES string of the molecule is C[C@H](NC(=O)N1CCN(C(=O)c2cc3ccccc3[nH]2)CC1)C(=O)O. The number of hydrogen-bond acceptors (Lipinski definition) is 3. The normalized spacial score (nSPS) is 15.9. The number of urea groups is 1. The monoisotopic (exact) mass is 344 g/mol. The lowest BCUT2D eigenvalue weighted by Crippen LogP contribution is -2.55. The van der Waals surface area contributed by atoms with E-state index >= 15 is 0 Å². The molecule has 25 heavy (non-hydrogen) atoms. The highest BCUT2D eigenvalue weighted by atomic mass is 16.4. The Hall–Kier alpha value is -3.03. The highest BCUT2D eigenvalue weighted by Crippen LogP contribution is 2.16. The van der Waals surface area contributed by atoms with Crippen LogP contribution in [0.5, 0.6) is 0 Å². The van der Waals surface area contributed by atoms with Gasteiger partial charge in [0.25, 0.3) is 5.91 Å². The van der Waals surface area contributed by atoms with Crippen LogP contribution >= 0.6 is 0 Å². The van der Waals surface area contributed by atoms with Crippen molar-refractivity contribution in [3.63, 3.8) is 0 Å². The molecule has 2 aromatic rings. The highest BCUT2D eigenvalue weighted by Gasteiger charge is 2.27. The Labute approximate surface area is 144 Å². The summed E-state index contributed by atoms with van der Waals surface area (Å²) >= 11 is 0. The quantitative estimate of drug-likeness (QED) is 0.775. The predicted octanol–water partition coefficient (Wildman–Crippen LogP) is 1.11. The van der Waals surface area contributed by atoms with Gasteiger partial charge < -0.3 is 25.2 Å². The Bertz CT molecular complexity index is 775. The molecule has 1 aliphatic heterocycles. The molecule has 0 saturated carbocycles. The molecule has 1 aromatic carbocycles. The number of aromatic amines is 1. The van der Waals surface area contributed by atoms with Gasteiger partial charge in [0.1, 0.15) is 11.7 Å². The van der Waals surface area contributed by atoms with E-state index in [0.29, 0.717) is 31.9 Å². The van der Waals surface area contributed by atoms with Gasteiger partial charge in [-0.1, -0.05) is 18.2 Å². The Kier molecular flexibility index (Phi) is 4.60. The molecule has 1 aliphatic rings. The Balaban J connectivity index is 1.59. The number of carboxylic acid groups (broad SMARTS) is 1. The van der Waals surface area contributed by atoms with Gasteiger partial charge in [-0.05, 0) is 19.1 Å². The van der Waals surface area contributed by atoms with Crippen molar-refractivity contribution in [2.75, 3.05) is 26.2 Å². The first-order chi connectivity index (χ1) is 12.0. The van der Waals surface area contributed by atoms with Gasteiger partial charge in [-0.3, -0.25) is 9.59 Å². The third-order valence-electron chi connectivity index (χ3n) is 4.32. The van der Waals surface area contributed by atoms with Crippen molar-refractivity contribution in [2.45, 2.75) is 13.0 Å². The number of fused-ring (bicyclic) bond motifs is 1. The van der Waals surface area contributed by atoms with Crippen LogP contribution in [0.15, 0.2) is 30.3 Å². The molecule has 3 rings (SSSR count). The maximum atomic E-state index is 12.6. The summed E-state index contributed by atoms with van der Waals surface area (Å²) in [6.45, 7) is 2.95. The molecule has 8 nitrogen and oxygen atoms in total. The van der Waals surface area contributed by atoms with E-state index in [1.165, 1.54) is 11.8 Å². The topological polar surface area (TPSA) is 106 Å². The van der Waals surface area contributed by atoms with Crippen LogP contribution < -0.4 is 5.32 Å². The van der Waals surface area contributed by atoms with E-state index in [1.54, 1.807) is 4.90 Å². The summed E-state index contributed by atoms with van der Waals surface area (Å²) in [6, 6.07) is 8.13. The minimum Gasteiger partial charge on any atom is -0.480 e. The molecule has 0 unspecified atom stereocenters. The molecule has 8 heteroatoms. The molecule has 0 bridgehead atoms. The van der Waals surface area contributed by atoms with E-state index in [9.17, 15) is 14.4 Å². The van der Waals surface area contributed by atoms with Gasteiger partial charge in [0.05, 0.1) is 0 Å². The van der Waals surface area contributed by atoms with Gasteiger partial charge in [-0.15, -0.1) is 0 Å². The number of aromatic nitrogens is 1. The third kappa shape index (κ3) is 3.57. The van der Waals surface area contributed by atoms with E-state index in [2.05, 4.69) is 10.3 Å². The second-order valence-electron chi connectivity index (χ2n) is 6.06. The molecule has 3 N–H and O–H groups in total. The number of nitrogens with one attached hydrogen (secondary N) is 2. The van der Waals surface area contributed by atoms with Crippen LogP contribution in [-0.4, -0.2) is 70.0 Å². The fraction of sp³-hybridized carbons (Fsp3) is 0.353. The van der Waals surface area contributed by atoms with E-state index in [1.807, 2.05) is 30.3 Å². The van der Waals surface area contributed by atoms with E-state index in [4.69, 9.17) is 5.11 Å². The van der Waals surface area contributed by atoms with Crippen LogP contribution in [0.1, 0.15) is 17.4 Å². The summed E-state index contributed by atoms with van der Waals surface area (Å²) in [6.07, 6.45) is 0. The second kappa shape index (κ2) is 6.84. The van der Waals surface area contributed by atoms with Crippen molar-refractivity contribution >= 4 is 28.8 Å². The Morgan fingerprint density at radius 2 is 1.76 bits per heavy atom. The Morgan fingerprint density at radius 1 is 1.12 bits per heavy atom. The zero-order valence-corrected chi connectivity index (χ0v) is 13.9. The number of amides is 3. The number of hydrogen-bond donors (Lipinski definition) is 3. The summed E-state index contributed by atoms with van der Waals surface area (Å²) in [4.78, 5) is 41.8. The van der Waals surface area contributed by atoms with Crippen molar-refractivity contribution in [3.05, 3.63) is 36.0 Å².